The summed E-state index contributed by atoms with van der Waals surface area (Å²) in [5, 5.41) is 10.1. The highest BCUT2D eigenvalue weighted by molar-refractivity contribution is 7.89. The highest BCUT2D eigenvalue weighted by Gasteiger charge is 2.14. The Bertz CT molecular complexity index is 572. The van der Waals surface area contributed by atoms with Crippen molar-refractivity contribution in [3.63, 3.8) is 0 Å². The first kappa shape index (κ1) is 11.8. The molecule has 92 valence electrons. The molecule has 0 aromatic carbocycles. The summed E-state index contributed by atoms with van der Waals surface area (Å²) in [7, 11) is -1.66. The number of nitrogens with zero attached hydrogens (tertiary/aromatic N) is 3. The zero-order chi connectivity index (χ0) is 12.3. The molecule has 2 aromatic heterocycles. The van der Waals surface area contributed by atoms with Crippen LogP contribution < -0.4 is 4.72 Å². The number of aromatic amines is 1. The Kier molecular flexibility index (Phi) is 3.25. The van der Waals surface area contributed by atoms with E-state index in [1.165, 1.54) is 12.3 Å². The van der Waals surface area contributed by atoms with Crippen molar-refractivity contribution in [2.45, 2.75) is 11.4 Å². The Balaban J connectivity index is 1.93. The first-order valence-electron chi connectivity index (χ1n) is 5.05. The average Bonchev–Trinajstić information content (AvgIpc) is 2.90. The number of rotatable bonds is 5. The molecule has 2 heterocycles. The van der Waals surface area contributed by atoms with Gasteiger partial charge in [0, 0.05) is 31.9 Å². The summed E-state index contributed by atoms with van der Waals surface area (Å²) in [5.41, 5.74) is 0.970. The van der Waals surface area contributed by atoms with E-state index in [1.807, 2.05) is 13.1 Å². The van der Waals surface area contributed by atoms with Crippen LogP contribution in [0.5, 0.6) is 0 Å². The highest BCUT2D eigenvalue weighted by atomic mass is 32.2. The Morgan fingerprint density at radius 2 is 2.24 bits per heavy atom. The maximum atomic E-state index is 11.7. The second-order valence-electron chi connectivity index (χ2n) is 3.51. The largest absolute Gasteiger partial charge is 0.273 e. The molecule has 17 heavy (non-hydrogen) atoms. The van der Waals surface area contributed by atoms with Gasteiger partial charge in [0.2, 0.25) is 0 Å². The minimum absolute atomic E-state index is 0.0718. The van der Waals surface area contributed by atoms with E-state index in [4.69, 9.17) is 0 Å². The van der Waals surface area contributed by atoms with Crippen molar-refractivity contribution in [3.05, 3.63) is 30.2 Å². The normalized spacial score (nSPS) is 11.8. The number of aryl methyl sites for hydroxylation is 1. The number of aromatic nitrogens is 4. The molecule has 2 rings (SSSR count). The number of nitrogens with one attached hydrogen (secondary N) is 2. The van der Waals surface area contributed by atoms with Crippen LogP contribution in [0.15, 0.2) is 29.6 Å². The molecule has 0 saturated carbocycles. The van der Waals surface area contributed by atoms with Gasteiger partial charge in [-0.1, -0.05) is 0 Å². The predicted octanol–water partition coefficient (Wildman–Crippen LogP) is -0.336. The second kappa shape index (κ2) is 4.68. The van der Waals surface area contributed by atoms with E-state index < -0.39 is 10.0 Å². The molecular weight excluding hydrogens is 242 g/mol. The number of sulfonamides is 1. The molecule has 8 heteroatoms. The smallest absolute Gasteiger partial charge is 0.257 e. The Hall–Kier alpha value is -1.67. The molecule has 0 atom stereocenters. The van der Waals surface area contributed by atoms with Crippen LogP contribution in [0.25, 0.3) is 0 Å². The van der Waals surface area contributed by atoms with Gasteiger partial charge in [0.15, 0.2) is 5.03 Å². The molecule has 0 radical (unpaired) electrons. The molecule has 0 aliphatic carbocycles. The molecule has 0 fully saturated rings. The lowest BCUT2D eigenvalue weighted by Gasteiger charge is -2.04. The zero-order valence-corrected chi connectivity index (χ0v) is 10.1. The number of H-pyrrole nitrogens is 1. The number of hydrogen-bond acceptors (Lipinski definition) is 4. The van der Waals surface area contributed by atoms with E-state index in [0.717, 1.165) is 5.69 Å². The second-order valence-corrected chi connectivity index (χ2v) is 5.25. The summed E-state index contributed by atoms with van der Waals surface area (Å²) in [6.07, 6.45) is 3.66. The minimum atomic E-state index is -3.48. The van der Waals surface area contributed by atoms with Gasteiger partial charge in [-0.25, -0.2) is 13.1 Å². The standard InChI is InChI=1S/C9H13N5O2S/c1-14-8(2-6-11-14)3-7-12-17(15,16)9-4-5-10-13-9/h2,4-6,12H,3,7H2,1H3,(H,10,13). The summed E-state index contributed by atoms with van der Waals surface area (Å²) >= 11 is 0. The summed E-state index contributed by atoms with van der Waals surface area (Å²) in [6, 6.07) is 3.26. The van der Waals surface area contributed by atoms with Gasteiger partial charge in [0.05, 0.1) is 6.20 Å². The van der Waals surface area contributed by atoms with Crippen LogP contribution in [0.4, 0.5) is 0 Å². The van der Waals surface area contributed by atoms with E-state index in [0.29, 0.717) is 13.0 Å². The van der Waals surface area contributed by atoms with Crippen LogP contribution in [-0.2, 0) is 23.5 Å². The fourth-order valence-corrected chi connectivity index (χ4v) is 2.37. The van der Waals surface area contributed by atoms with Gasteiger partial charge in [-0.3, -0.25) is 9.78 Å². The maximum Gasteiger partial charge on any atom is 0.257 e. The van der Waals surface area contributed by atoms with E-state index in [9.17, 15) is 8.42 Å². The van der Waals surface area contributed by atoms with Gasteiger partial charge in [-0.15, -0.1) is 0 Å². The maximum absolute atomic E-state index is 11.7. The molecule has 0 spiro atoms. The van der Waals surface area contributed by atoms with Crippen LogP contribution >= 0.6 is 0 Å². The van der Waals surface area contributed by atoms with Gasteiger partial charge in [-0.05, 0) is 12.1 Å². The van der Waals surface area contributed by atoms with Crippen LogP contribution in [-0.4, -0.2) is 34.9 Å². The zero-order valence-electron chi connectivity index (χ0n) is 9.29. The molecule has 2 N–H and O–H groups in total. The van der Waals surface area contributed by atoms with Gasteiger partial charge >= 0.3 is 0 Å². The molecular formula is C9H13N5O2S. The molecule has 0 amide bonds. The van der Waals surface area contributed by atoms with E-state index in [2.05, 4.69) is 20.0 Å². The topological polar surface area (TPSA) is 92.7 Å². The van der Waals surface area contributed by atoms with Crippen LogP contribution in [0.3, 0.4) is 0 Å². The van der Waals surface area contributed by atoms with Crippen molar-refractivity contribution >= 4 is 10.0 Å². The highest BCUT2D eigenvalue weighted by Crippen LogP contribution is 2.03. The molecule has 7 nitrogen and oxygen atoms in total. The molecule has 0 bridgehead atoms. The lowest BCUT2D eigenvalue weighted by molar-refractivity contribution is 0.575. The SMILES string of the molecule is Cn1nccc1CCNS(=O)(=O)c1ccn[nH]1. The fraction of sp³-hybridized carbons (Fsp3) is 0.333. The summed E-state index contributed by atoms with van der Waals surface area (Å²) in [5.74, 6) is 0. The third-order valence-electron chi connectivity index (χ3n) is 2.36. The molecule has 0 aliphatic rings. The molecule has 0 saturated heterocycles. The van der Waals surface area contributed by atoms with Gasteiger partial charge in [-0.2, -0.15) is 10.2 Å². The van der Waals surface area contributed by atoms with Crippen LogP contribution in [0, 0.1) is 0 Å². The van der Waals surface area contributed by atoms with E-state index >= 15 is 0 Å². The van der Waals surface area contributed by atoms with Crippen LogP contribution in [0.2, 0.25) is 0 Å². The monoisotopic (exact) mass is 255 g/mol. The summed E-state index contributed by atoms with van der Waals surface area (Å²) in [4.78, 5) is 0. The van der Waals surface area contributed by atoms with Gasteiger partial charge in [0.1, 0.15) is 0 Å². The van der Waals surface area contributed by atoms with E-state index in [-0.39, 0.29) is 5.03 Å². The third kappa shape index (κ3) is 2.71. The number of hydrogen-bond donors (Lipinski definition) is 2. The fourth-order valence-electron chi connectivity index (χ4n) is 1.43. The lowest BCUT2D eigenvalue weighted by atomic mass is 10.3. The van der Waals surface area contributed by atoms with Gasteiger partial charge < -0.3 is 0 Å². The van der Waals surface area contributed by atoms with Crippen molar-refractivity contribution < 1.29 is 8.42 Å². The molecule has 2 aromatic rings. The quantitative estimate of drug-likeness (QED) is 0.764. The van der Waals surface area contributed by atoms with Gasteiger partial charge in [0.25, 0.3) is 10.0 Å². The Morgan fingerprint density at radius 1 is 1.41 bits per heavy atom. The average molecular weight is 255 g/mol. The Morgan fingerprint density at radius 3 is 2.82 bits per heavy atom. The summed E-state index contributed by atoms with van der Waals surface area (Å²) < 4.78 is 27.6. The third-order valence-corrected chi connectivity index (χ3v) is 3.75. The first-order chi connectivity index (χ1) is 8.09. The summed E-state index contributed by atoms with van der Waals surface area (Å²) in [6.45, 7) is 0.320. The van der Waals surface area contributed by atoms with Crippen molar-refractivity contribution in [3.8, 4) is 0 Å². The predicted molar refractivity (Wildman–Crippen MR) is 60.7 cm³/mol. The van der Waals surface area contributed by atoms with E-state index in [1.54, 1.807) is 10.9 Å². The minimum Gasteiger partial charge on any atom is -0.273 e. The molecule has 0 unspecified atom stereocenters. The Labute approximate surface area is 98.9 Å². The lowest BCUT2D eigenvalue weighted by Crippen LogP contribution is -2.26. The molecule has 0 aliphatic heterocycles. The van der Waals surface area contributed by atoms with Crippen molar-refractivity contribution in [2.24, 2.45) is 7.05 Å². The van der Waals surface area contributed by atoms with Crippen molar-refractivity contribution in [1.29, 1.82) is 0 Å². The first-order valence-corrected chi connectivity index (χ1v) is 6.54. The van der Waals surface area contributed by atoms with Crippen molar-refractivity contribution in [1.82, 2.24) is 24.7 Å². The van der Waals surface area contributed by atoms with Crippen LogP contribution in [0.1, 0.15) is 5.69 Å². The van der Waals surface area contributed by atoms with Crippen molar-refractivity contribution in [2.75, 3.05) is 6.54 Å².